The van der Waals surface area contributed by atoms with Crippen LogP contribution in [0.1, 0.15) is 11.5 Å². The van der Waals surface area contributed by atoms with Crippen LogP contribution < -0.4 is 0 Å². The van der Waals surface area contributed by atoms with Gasteiger partial charge < -0.3 is 9.26 Å². The summed E-state index contributed by atoms with van der Waals surface area (Å²) >= 11 is 0. The van der Waals surface area contributed by atoms with Gasteiger partial charge >= 0.3 is 5.97 Å². The van der Waals surface area contributed by atoms with Gasteiger partial charge in [-0.25, -0.2) is 4.79 Å². The molecule has 1 aromatic rings. The average Bonchev–Trinajstić information content (AvgIpc) is 2.59. The topological polar surface area (TPSA) is 76.1 Å². The second-order valence-electron chi connectivity index (χ2n) is 2.52. The van der Waals surface area contributed by atoms with Gasteiger partial charge in [-0.05, 0) is 13.0 Å². The van der Waals surface area contributed by atoms with Gasteiger partial charge in [-0.15, -0.1) is 0 Å². The lowest BCUT2D eigenvalue weighted by Gasteiger charge is -1.93. The Morgan fingerprint density at radius 2 is 2.50 bits per heavy atom. The van der Waals surface area contributed by atoms with Crippen LogP contribution in [0.4, 0.5) is 0 Å². The Hall–Kier alpha value is -2.09. The highest BCUT2D eigenvalue weighted by Gasteiger charge is 2.09. The third-order valence-electron chi connectivity index (χ3n) is 1.46. The first-order valence-corrected chi connectivity index (χ1v) is 3.81. The van der Waals surface area contributed by atoms with Crippen LogP contribution in [0, 0.1) is 18.3 Å². The minimum absolute atomic E-state index is 0.110. The van der Waals surface area contributed by atoms with Gasteiger partial charge in [0.25, 0.3) is 0 Å². The zero-order valence-electron chi connectivity index (χ0n) is 7.77. The van der Waals surface area contributed by atoms with Crippen LogP contribution in [-0.2, 0) is 9.53 Å². The molecule has 5 heteroatoms. The number of methoxy groups -OCH3 is 1. The normalized spacial score (nSPS) is 10.8. The third kappa shape index (κ3) is 2.20. The zero-order valence-corrected chi connectivity index (χ0v) is 7.77. The van der Waals surface area contributed by atoms with Gasteiger partial charge in [0, 0.05) is 6.07 Å². The second-order valence-corrected chi connectivity index (χ2v) is 2.52. The summed E-state index contributed by atoms with van der Waals surface area (Å²) in [6.07, 6.45) is 1.31. The zero-order chi connectivity index (χ0) is 10.6. The minimum Gasteiger partial charge on any atom is -0.465 e. The Kier molecular flexibility index (Phi) is 3.02. The summed E-state index contributed by atoms with van der Waals surface area (Å²) in [5.74, 6) is -0.0773. The number of hydrogen-bond acceptors (Lipinski definition) is 5. The Bertz CT molecular complexity index is 412. The highest BCUT2D eigenvalue weighted by molar-refractivity contribution is 5.97. The first-order chi connectivity index (χ1) is 6.67. The molecular weight excluding hydrogens is 184 g/mol. The molecule has 0 aromatic carbocycles. The Morgan fingerprint density at radius 1 is 1.79 bits per heavy atom. The van der Waals surface area contributed by atoms with Crippen LogP contribution in [0.2, 0.25) is 0 Å². The summed E-state index contributed by atoms with van der Waals surface area (Å²) in [5, 5.41) is 12.2. The van der Waals surface area contributed by atoms with E-state index in [1.54, 1.807) is 19.1 Å². The van der Waals surface area contributed by atoms with Gasteiger partial charge in [0.15, 0.2) is 0 Å². The molecule has 1 heterocycles. The molecule has 14 heavy (non-hydrogen) atoms. The van der Waals surface area contributed by atoms with Crippen molar-refractivity contribution in [2.75, 3.05) is 7.11 Å². The van der Waals surface area contributed by atoms with Crippen LogP contribution >= 0.6 is 0 Å². The first kappa shape index (κ1) is 9.99. The van der Waals surface area contributed by atoms with E-state index in [-0.39, 0.29) is 5.57 Å². The summed E-state index contributed by atoms with van der Waals surface area (Å²) in [6.45, 7) is 1.72. The highest BCUT2D eigenvalue weighted by atomic mass is 16.5. The monoisotopic (exact) mass is 192 g/mol. The van der Waals surface area contributed by atoms with Crippen LogP contribution in [0.5, 0.6) is 0 Å². The standard InChI is InChI=1S/C9H8N2O3/c1-6-3-8(11-14-6)4-7(5-10)9(12)13-2/h3-4H,1-2H3. The molecule has 0 atom stereocenters. The molecule has 0 bridgehead atoms. The molecule has 0 unspecified atom stereocenters. The molecule has 0 spiro atoms. The Morgan fingerprint density at radius 3 is 2.93 bits per heavy atom. The van der Waals surface area contributed by atoms with Crippen molar-refractivity contribution in [2.45, 2.75) is 6.92 Å². The SMILES string of the molecule is COC(=O)C(C#N)=Cc1cc(C)on1. The fourth-order valence-electron chi connectivity index (χ4n) is 0.848. The van der Waals surface area contributed by atoms with Crippen molar-refractivity contribution in [3.63, 3.8) is 0 Å². The van der Waals surface area contributed by atoms with E-state index >= 15 is 0 Å². The van der Waals surface area contributed by atoms with E-state index in [1.165, 1.54) is 13.2 Å². The van der Waals surface area contributed by atoms with Crippen molar-refractivity contribution in [1.82, 2.24) is 5.16 Å². The number of nitrogens with zero attached hydrogens (tertiary/aromatic N) is 2. The van der Waals surface area contributed by atoms with E-state index < -0.39 is 5.97 Å². The van der Waals surface area contributed by atoms with E-state index in [9.17, 15) is 4.79 Å². The Balaban J connectivity index is 2.96. The molecule has 1 aromatic heterocycles. The van der Waals surface area contributed by atoms with Crippen molar-refractivity contribution < 1.29 is 14.1 Å². The summed E-state index contributed by atoms with van der Waals surface area (Å²) in [5.41, 5.74) is 0.310. The lowest BCUT2D eigenvalue weighted by Crippen LogP contribution is -2.02. The average molecular weight is 192 g/mol. The van der Waals surface area contributed by atoms with Gasteiger partial charge in [-0.2, -0.15) is 5.26 Å². The number of carbonyl (C=O) groups is 1. The molecule has 0 saturated heterocycles. The van der Waals surface area contributed by atoms with Crippen molar-refractivity contribution in [3.8, 4) is 6.07 Å². The summed E-state index contributed by atoms with van der Waals surface area (Å²) < 4.78 is 9.16. The van der Waals surface area contributed by atoms with Crippen molar-refractivity contribution in [1.29, 1.82) is 5.26 Å². The molecule has 0 aliphatic rings. The number of esters is 1. The predicted molar refractivity (Wildman–Crippen MR) is 46.8 cm³/mol. The largest absolute Gasteiger partial charge is 0.465 e. The minimum atomic E-state index is -0.687. The lowest BCUT2D eigenvalue weighted by molar-refractivity contribution is -0.135. The van der Waals surface area contributed by atoms with Crippen LogP contribution in [0.3, 0.4) is 0 Å². The summed E-state index contributed by atoms with van der Waals surface area (Å²) in [4.78, 5) is 11.0. The number of aryl methyl sites for hydroxylation is 1. The molecule has 72 valence electrons. The number of ether oxygens (including phenoxy) is 1. The molecule has 0 fully saturated rings. The summed E-state index contributed by atoms with van der Waals surface area (Å²) in [6, 6.07) is 3.33. The molecule has 0 aliphatic heterocycles. The molecule has 0 N–H and O–H groups in total. The van der Waals surface area contributed by atoms with E-state index in [1.807, 2.05) is 0 Å². The van der Waals surface area contributed by atoms with Crippen LogP contribution in [0.25, 0.3) is 6.08 Å². The van der Waals surface area contributed by atoms with E-state index in [4.69, 9.17) is 9.78 Å². The summed E-state index contributed by atoms with van der Waals surface area (Å²) in [7, 11) is 1.21. The molecule has 5 nitrogen and oxygen atoms in total. The number of carbonyl (C=O) groups excluding carboxylic acids is 1. The number of nitriles is 1. The molecule has 1 rings (SSSR count). The molecule has 0 aliphatic carbocycles. The smallest absolute Gasteiger partial charge is 0.348 e. The third-order valence-corrected chi connectivity index (χ3v) is 1.46. The molecule has 0 amide bonds. The van der Waals surface area contributed by atoms with E-state index in [0.717, 1.165) is 0 Å². The van der Waals surface area contributed by atoms with Gasteiger partial charge in [0.2, 0.25) is 0 Å². The maximum Gasteiger partial charge on any atom is 0.348 e. The molecule has 0 radical (unpaired) electrons. The van der Waals surface area contributed by atoms with Gasteiger partial charge in [-0.3, -0.25) is 0 Å². The predicted octanol–water partition coefficient (Wildman–Crippen LogP) is 1.06. The van der Waals surface area contributed by atoms with Gasteiger partial charge in [0.05, 0.1) is 7.11 Å². The van der Waals surface area contributed by atoms with Crippen LogP contribution in [0.15, 0.2) is 16.2 Å². The lowest BCUT2D eigenvalue weighted by atomic mass is 10.2. The maximum absolute atomic E-state index is 11.0. The Labute approximate surface area is 80.6 Å². The van der Waals surface area contributed by atoms with E-state index in [0.29, 0.717) is 11.5 Å². The highest BCUT2D eigenvalue weighted by Crippen LogP contribution is 2.07. The van der Waals surface area contributed by atoms with Crippen molar-refractivity contribution >= 4 is 12.0 Å². The van der Waals surface area contributed by atoms with E-state index in [2.05, 4.69) is 9.89 Å². The molecule has 0 saturated carbocycles. The molecular formula is C9H8N2O3. The van der Waals surface area contributed by atoms with Crippen LogP contribution in [-0.4, -0.2) is 18.2 Å². The fraction of sp³-hybridized carbons (Fsp3) is 0.222. The number of hydrogen-bond donors (Lipinski definition) is 0. The number of aromatic nitrogens is 1. The quantitative estimate of drug-likeness (QED) is 0.398. The van der Waals surface area contributed by atoms with Crippen molar-refractivity contribution in [3.05, 3.63) is 23.1 Å². The second kappa shape index (κ2) is 4.23. The first-order valence-electron chi connectivity index (χ1n) is 3.81. The maximum atomic E-state index is 11.0. The number of rotatable bonds is 2. The van der Waals surface area contributed by atoms with Crippen molar-refractivity contribution in [2.24, 2.45) is 0 Å². The van der Waals surface area contributed by atoms with Gasteiger partial charge in [0.1, 0.15) is 23.1 Å². The fourth-order valence-corrected chi connectivity index (χ4v) is 0.848. The van der Waals surface area contributed by atoms with Gasteiger partial charge in [-0.1, -0.05) is 5.16 Å².